The van der Waals surface area contributed by atoms with Crippen LogP contribution in [0.1, 0.15) is 68.9 Å². The van der Waals surface area contributed by atoms with E-state index in [2.05, 4.69) is 18.7 Å². The summed E-state index contributed by atoms with van der Waals surface area (Å²) in [5, 5.41) is 11.0. The van der Waals surface area contributed by atoms with E-state index in [0.29, 0.717) is 17.9 Å². The first kappa shape index (κ1) is 24.8. The predicted octanol–water partition coefficient (Wildman–Crippen LogP) is 5.30. The number of aryl methyl sites for hydroxylation is 1. The van der Waals surface area contributed by atoms with E-state index in [1.165, 1.54) is 6.26 Å². The first-order chi connectivity index (χ1) is 16.0. The molecule has 1 fully saturated rings. The molecule has 1 aromatic carbocycles. The number of benzene rings is 1. The van der Waals surface area contributed by atoms with Gasteiger partial charge in [0.15, 0.2) is 0 Å². The van der Waals surface area contributed by atoms with Gasteiger partial charge in [-0.1, -0.05) is 56.5 Å². The molecule has 1 saturated heterocycles. The van der Waals surface area contributed by atoms with Crippen LogP contribution < -0.4 is 0 Å². The Morgan fingerprint density at radius 3 is 2.21 bits per heavy atom. The zero-order valence-corrected chi connectivity index (χ0v) is 20.0. The van der Waals surface area contributed by atoms with Gasteiger partial charge in [-0.25, -0.2) is 0 Å². The predicted molar refractivity (Wildman–Crippen MR) is 130 cm³/mol. The lowest BCUT2D eigenvalue weighted by molar-refractivity contribution is -0.140. The zero-order chi connectivity index (χ0) is 23.8. The molecule has 0 spiro atoms. The van der Waals surface area contributed by atoms with Gasteiger partial charge in [0, 0.05) is 12.1 Å². The third kappa shape index (κ3) is 5.93. The van der Waals surface area contributed by atoms with Crippen molar-refractivity contribution >= 4 is 17.4 Å². The maximum Gasteiger partial charge on any atom is 0.295 e. The molecule has 1 unspecified atom stereocenters. The Morgan fingerprint density at radius 2 is 1.64 bits per heavy atom. The molecule has 1 N–H and O–H groups in total. The van der Waals surface area contributed by atoms with Crippen LogP contribution in [0.2, 0.25) is 0 Å². The van der Waals surface area contributed by atoms with Gasteiger partial charge >= 0.3 is 0 Å². The van der Waals surface area contributed by atoms with Crippen molar-refractivity contribution in [3.05, 3.63) is 65.1 Å². The summed E-state index contributed by atoms with van der Waals surface area (Å²) in [6.07, 6.45) is 6.87. The Morgan fingerprint density at radius 1 is 1.00 bits per heavy atom. The minimum absolute atomic E-state index is 0.0904. The fourth-order valence-corrected chi connectivity index (χ4v) is 4.28. The van der Waals surface area contributed by atoms with Gasteiger partial charge < -0.3 is 19.3 Å². The van der Waals surface area contributed by atoms with Crippen LogP contribution in [0.4, 0.5) is 0 Å². The normalized spacial score (nSPS) is 17.9. The van der Waals surface area contributed by atoms with Gasteiger partial charge in [-0.3, -0.25) is 9.59 Å². The molecule has 2 aromatic rings. The number of aliphatic hydroxyl groups excluding tert-OH is 1. The van der Waals surface area contributed by atoms with Crippen LogP contribution in [0.25, 0.3) is 5.76 Å². The number of rotatable bonds is 12. The summed E-state index contributed by atoms with van der Waals surface area (Å²) in [5.41, 5.74) is 1.65. The number of hydrogen-bond acceptors (Lipinski definition) is 5. The Kier molecular flexibility index (Phi) is 8.89. The highest BCUT2D eigenvalue weighted by molar-refractivity contribution is 6.46. The maximum absolute atomic E-state index is 13.0. The lowest BCUT2D eigenvalue weighted by Crippen LogP contribution is -2.34. The molecule has 1 aliphatic heterocycles. The van der Waals surface area contributed by atoms with Crippen LogP contribution in [0.3, 0.4) is 0 Å². The Balaban J connectivity index is 1.83. The van der Waals surface area contributed by atoms with Crippen molar-refractivity contribution < 1.29 is 19.1 Å². The molecule has 0 saturated carbocycles. The monoisotopic (exact) mass is 452 g/mol. The summed E-state index contributed by atoms with van der Waals surface area (Å²) < 4.78 is 5.61. The molecule has 6 nitrogen and oxygen atoms in total. The van der Waals surface area contributed by atoms with Crippen molar-refractivity contribution in [2.24, 2.45) is 0 Å². The summed E-state index contributed by atoms with van der Waals surface area (Å²) in [5.74, 6) is -0.927. The van der Waals surface area contributed by atoms with E-state index in [1.54, 1.807) is 29.2 Å². The van der Waals surface area contributed by atoms with E-state index < -0.39 is 17.7 Å². The first-order valence-electron chi connectivity index (χ1n) is 12.1. The van der Waals surface area contributed by atoms with Crippen molar-refractivity contribution in [3.63, 3.8) is 0 Å². The Hall–Kier alpha value is -2.86. The highest BCUT2D eigenvalue weighted by Crippen LogP contribution is 2.39. The number of nitrogens with zero attached hydrogens (tertiary/aromatic N) is 2. The molecule has 6 heteroatoms. The van der Waals surface area contributed by atoms with Crippen LogP contribution in [0.15, 0.2) is 52.7 Å². The van der Waals surface area contributed by atoms with E-state index in [-0.39, 0.29) is 11.3 Å². The molecular weight excluding hydrogens is 416 g/mol. The fourth-order valence-electron chi connectivity index (χ4n) is 4.28. The average Bonchev–Trinajstić information content (AvgIpc) is 3.43. The highest BCUT2D eigenvalue weighted by Gasteiger charge is 2.47. The molecule has 178 valence electrons. The standard InChI is InChI=1S/C27H36N2O4/c1-4-6-15-28(16-7-5-2)17-9-18-29-24(22-10-8-19-33-22)23(26(31)27(29)32)25(30)21-13-11-20(3)12-14-21/h8,10-14,19,24,30H,4-7,9,15-18H2,1-3H3. The van der Waals surface area contributed by atoms with Crippen LogP contribution in [-0.4, -0.2) is 52.8 Å². The summed E-state index contributed by atoms with van der Waals surface area (Å²) in [6, 6.07) is 10.0. The Labute approximate surface area is 196 Å². The Bertz CT molecular complexity index is 939. The largest absolute Gasteiger partial charge is 0.507 e. The number of likely N-dealkylation sites (tertiary alicyclic amines) is 1. The highest BCUT2D eigenvalue weighted by atomic mass is 16.3. The molecule has 1 amide bonds. The SMILES string of the molecule is CCCCN(CCCC)CCCN1C(=O)C(=O)C(=C(O)c2ccc(C)cc2)C1c1ccco1. The molecule has 1 aromatic heterocycles. The lowest BCUT2D eigenvalue weighted by Gasteiger charge is -2.26. The molecule has 33 heavy (non-hydrogen) atoms. The van der Waals surface area contributed by atoms with E-state index in [1.807, 2.05) is 19.1 Å². The quantitative estimate of drug-likeness (QED) is 0.269. The fraction of sp³-hybridized carbons (Fsp3) is 0.481. The molecule has 3 rings (SSSR count). The molecule has 1 aliphatic rings. The van der Waals surface area contributed by atoms with Crippen LogP contribution in [0.5, 0.6) is 0 Å². The van der Waals surface area contributed by atoms with Crippen molar-refractivity contribution in [1.82, 2.24) is 9.80 Å². The number of Topliss-reactive ketones (excluding diaryl/α,β-unsaturated/α-hetero) is 1. The number of hydrogen-bond donors (Lipinski definition) is 1. The van der Waals surface area contributed by atoms with Gasteiger partial charge in [0.1, 0.15) is 17.6 Å². The van der Waals surface area contributed by atoms with E-state index in [4.69, 9.17) is 4.42 Å². The van der Waals surface area contributed by atoms with Crippen molar-refractivity contribution in [2.45, 2.75) is 58.9 Å². The molecule has 2 heterocycles. The summed E-state index contributed by atoms with van der Waals surface area (Å²) in [7, 11) is 0. The van der Waals surface area contributed by atoms with Crippen LogP contribution in [-0.2, 0) is 9.59 Å². The summed E-state index contributed by atoms with van der Waals surface area (Å²) in [6.45, 7) is 9.72. The molecular formula is C27H36N2O4. The third-order valence-corrected chi connectivity index (χ3v) is 6.21. The number of carbonyl (C=O) groups is 2. The second kappa shape index (κ2) is 11.8. The van der Waals surface area contributed by atoms with Crippen molar-refractivity contribution in [1.29, 1.82) is 0 Å². The van der Waals surface area contributed by atoms with Gasteiger partial charge in [0.05, 0.1) is 11.8 Å². The number of amides is 1. The maximum atomic E-state index is 13.0. The number of furan rings is 1. The lowest BCUT2D eigenvalue weighted by atomic mass is 9.99. The first-order valence-corrected chi connectivity index (χ1v) is 12.1. The molecule has 0 aliphatic carbocycles. The number of ketones is 1. The topological polar surface area (TPSA) is 74.0 Å². The molecule has 0 radical (unpaired) electrons. The third-order valence-electron chi connectivity index (χ3n) is 6.21. The van der Waals surface area contributed by atoms with Gasteiger partial charge in [-0.15, -0.1) is 0 Å². The van der Waals surface area contributed by atoms with E-state index in [9.17, 15) is 14.7 Å². The van der Waals surface area contributed by atoms with Crippen LogP contribution in [0, 0.1) is 6.92 Å². The zero-order valence-electron chi connectivity index (χ0n) is 20.0. The number of carbonyl (C=O) groups excluding carboxylic acids is 2. The van der Waals surface area contributed by atoms with Gasteiger partial charge in [0.2, 0.25) is 0 Å². The average molecular weight is 453 g/mol. The minimum Gasteiger partial charge on any atom is -0.507 e. The van der Waals surface area contributed by atoms with Crippen molar-refractivity contribution in [3.8, 4) is 0 Å². The minimum atomic E-state index is -0.721. The number of unbranched alkanes of at least 4 members (excludes halogenated alkanes) is 2. The summed E-state index contributed by atoms with van der Waals surface area (Å²) in [4.78, 5) is 30.0. The second-order valence-electron chi connectivity index (χ2n) is 8.78. The van der Waals surface area contributed by atoms with E-state index in [0.717, 1.165) is 57.3 Å². The summed E-state index contributed by atoms with van der Waals surface area (Å²) >= 11 is 0. The molecule has 0 bridgehead atoms. The second-order valence-corrected chi connectivity index (χ2v) is 8.78. The smallest absolute Gasteiger partial charge is 0.295 e. The van der Waals surface area contributed by atoms with Gasteiger partial charge in [-0.2, -0.15) is 0 Å². The van der Waals surface area contributed by atoms with Crippen molar-refractivity contribution in [2.75, 3.05) is 26.2 Å². The van der Waals surface area contributed by atoms with E-state index >= 15 is 0 Å². The van der Waals surface area contributed by atoms with Gasteiger partial charge in [0.25, 0.3) is 11.7 Å². The van der Waals surface area contributed by atoms with Gasteiger partial charge in [-0.05, 0) is 58.0 Å². The van der Waals surface area contributed by atoms with Crippen LogP contribution >= 0.6 is 0 Å². The molecule has 1 atom stereocenters. The number of aliphatic hydroxyl groups is 1.